The van der Waals surface area contributed by atoms with Crippen molar-refractivity contribution in [1.82, 2.24) is 5.32 Å². The van der Waals surface area contributed by atoms with E-state index in [4.69, 9.17) is 5.26 Å². The predicted octanol–water partition coefficient (Wildman–Crippen LogP) is 2.13. The number of benzene rings is 1. The van der Waals surface area contributed by atoms with Gasteiger partial charge in [-0.15, -0.1) is 0 Å². The van der Waals surface area contributed by atoms with E-state index < -0.39 is 17.6 Å². The summed E-state index contributed by atoms with van der Waals surface area (Å²) in [5.74, 6) is -0.283. The molecule has 0 spiro atoms. The summed E-state index contributed by atoms with van der Waals surface area (Å²) < 4.78 is 38.7. The predicted molar refractivity (Wildman–Crippen MR) is 65.8 cm³/mol. The molecule has 1 fully saturated rings. The quantitative estimate of drug-likeness (QED) is 0.893. The van der Waals surface area contributed by atoms with Gasteiger partial charge in [0, 0.05) is 6.42 Å². The fraction of sp³-hybridized carbons (Fsp3) is 0.385. The van der Waals surface area contributed by atoms with Crippen LogP contribution >= 0.6 is 0 Å². The maximum absolute atomic E-state index is 12.9. The molecular formula is C13H12F3N3O. The van der Waals surface area contributed by atoms with Crippen LogP contribution in [0.2, 0.25) is 0 Å². The summed E-state index contributed by atoms with van der Waals surface area (Å²) in [6, 6.07) is 4.74. The van der Waals surface area contributed by atoms with Crippen LogP contribution in [0.5, 0.6) is 0 Å². The van der Waals surface area contributed by atoms with E-state index >= 15 is 0 Å². The fourth-order valence-electron chi connectivity index (χ4n) is 1.91. The molecular weight excluding hydrogens is 271 g/mol. The highest BCUT2D eigenvalue weighted by molar-refractivity contribution is 5.92. The van der Waals surface area contributed by atoms with Gasteiger partial charge >= 0.3 is 6.18 Å². The molecule has 0 bridgehead atoms. The highest BCUT2D eigenvalue weighted by Gasteiger charge is 2.34. The summed E-state index contributed by atoms with van der Waals surface area (Å²) in [5.41, 5.74) is -1.41. The molecule has 2 rings (SSSR count). The number of alkyl halides is 3. The van der Waals surface area contributed by atoms with Gasteiger partial charge in [0.2, 0.25) is 5.91 Å². The average molecular weight is 283 g/mol. The molecule has 20 heavy (non-hydrogen) atoms. The SMILES string of the molecule is N#Cc1ccc(NC(=O)CC2CNC2)c(C(F)(F)F)c1. The molecule has 106 valence electrons. The van der Waals surface area contributed by atoms with Crippen molar-refractivity contribution in [1.29, 1.82) is 5.26 Å². The maximum atomic E-state index is 12.9. The van der Waals surface area contributed by atoms with Gasteiger partial charge in [-0.2, -0.15) is 18.4 Å². The minimum Gasteiger partial charge on any atom is -0.325 e. The Bertz CT molecular complexity index is 559. The molecule has 0 radical (unpaired) electrons. The standard InChI is InChI=1S/C13H12F3N3O/c14-13(15,16)10-3-8(5-17)1-2-11(10)19-12(20)4-9-6-18-7-9/h1-3,9,18H,4,6-7H2,(H,19,20). The molecule has 1 aromatic rings. The molecule has 4 nitrogen and oxygen atoms in total. The molecule has 0 aliphatic carbocycles. The van der Waals surface area contributed by atoms with Crippen molar-refractivity contribution in [2.24, 2.45) is 5.92 Å². The van der Waals surface area contributed by atoms with Gasteiger partial charge in [0.25, 0.3) is 0 Å². The van der Waals surface area contributed by atoms with Gasteiger partial charge in [0.15, 0.2) is 0 Å². The lowest BCUT2D eigenvalue weighted by atomic mass is 9.99. The van der Waals surface area contributed by atoms with Crippen molar-refractivity contribution in [3.05, 3.63) is 29.3 Å². The zero-order chi connectivity index (χ0) is 14.8. The summed E-state index contributed by atoms with van der Waals surface area (Å²) in [4.78, 5) is 11.7. The van der Waals surface area contributed by atoms with E-state index in [1.54, 1.807) is 6.07 Å². The molecule has 0 aromatic heterocycles. The molecule has 2 N–H and O–H groups in total. The number of carbonyl (C=O) groups excluding carboxylic acids is 1. The number of nitrogens with one attached hydrogen (secondary N) is 2. The number of hydrogen-bond donors (Lipinski definition) is 2. The Kier molecular flexibility index (Phi) is 3.95. The van der Waals surface area contributed by atoms with E-state index in [1.165, 1.54) is 6.07 Å². The minimum atomic E-state index is -4.62. The van der Waals surface area contributed by atoms with E-state index in [0.29, 0.717) is 13.1 Å². The van der Waals surface area contributed by atoms with E-state index in [1.807, 2.05) is 0 Å². The first-order chi connectivity index (χ1) is 9.40. The number of rotatable bonds is 3. The van der Waals surface area contributed by atoms with Gasteiger partial charge in [0.05, 0.1) is 22.9 Å². The number of amides is 1. The van der Waals surface area contributed by atoms with Crippen LogP contribution in [0.4, 0.5) is 18.9 Å². The van der Waals surface area contributed by atoms with E-state index in [9.17, 15) is 18.0 Å². The number of halogens is 3. The highest BCUT2D eigenvalue weighted by atomic mass is 19.4. The third kappa shape index (κ3) is 3.27. The van der Waals surface area contributed by atoms with E-state index in [0.717, 1.165) is 12.1 Å². The first kappa shape index (κ1) is 14.3. The molecule has 1 amide bonds. The van der Waals surface area contributed by atoms with Crippen molar-refractivity contribution >= 4 is 11.6 Å². The zero-order valence-electron chi connectivity index (χ0n) is 10.4. The van der Waals surface area contributed by atoms with Crippen LogP contribution in [0.3, 0.4) is 0 Å². The second-order valence-electron chi connectivity index (χ2n) is 4.65. The van der Waals surface area contributed by atoms with E-state index in [-0.39, 0.29) is 23.6 Å². The first-order valence-corrected chi connectivity index (χ1v) is 6.02. The second kappa shape index (κ2) is 5.51. The van der Waals surface area contributed by atoms with Crippen molar-refractivity contribution in [2.45, 2.75) is 12.6 Å². The van der Waals surface area contributed by atoms with Crippen LogP contribution in [-0.2, 0) is 11.0 Å². The lowest BCUT2D eigenvalue weighted by molar-refractivity contribution is -0.137. The Balaban J connectivity index is 2.17. The van der Waals surface area contributed by atoms with Gasteiger partial charge in [-0.1, -0.05) is 0 Å². The van der Waals surface area contributed by atoms with Crippen molar-refractivity contribution < 1.29 is 18.0 Å². The summed E-state index contributed by atoms with van der Waals surface area (Å²) >= 11 is 0. The molecule has 1 heterocycles. The molecule has 0 atom stereocenters. The lowest BCUT2D eigenvalue weighted by Gasteiger charge is -2.26. The topological polar surface area (TPSA) is 64.9 Å². The van der Waals surface area contributed by atoms with Crippen LogP contribution in [0.25, 0.3) is 0 Å². The van der Waals surface area contributed by atoms with Crippen molar-refractivity contribution in [3.63, 3.8) is 0 Å². The highest BCUT2D eigenvalue weighted by Crippen LogP contribution is 2.35. The van der Waals surface area contributed by atoms with Crippen LogP contribution < -0.4 is 10.6 Å². The van der Waals surface area contributed by atoms with E-state index in [2.05, 4.69) is 10.6 Å². The van der Waals surface area contributed by atoms with Crippen LogP contribution in [0, 0.1) is 17.2 Å². The third-order valence-electron chi connectivity index (χ3n) is 3.07. The molecule has 1 aliphatic rings. The molecule has 1 aliphatic heterocycles. The molecule has 1 saturated heterocycles. The zero-order valence-corrected chi connectivity index (χ0v) is 10.4. The number of nitriles is 1. The molecule has 7 heteroatoms. The summed E-state index contributed by atoms with van der Waals surface area (Å²) in [7, 11) is 0. The second-order valence-corrected chi connectivity index (χ2v) is 4.65. The van der Waals surface area contributed by atoms with Gasteiger partial charge in [-0.25, -0.2) is 0 Å². The average Bonchev–Trinajstić information content (AvgIpc) is 2.33. The Morgan fingerprint density at radius 2 is 2.15 bits per heavy atom. The lowest BCUT2D eigenvalue weighted by Crippen LogP contribution is -2.43. The number of nitrogens with zero attached hydrogens (tertiary/aromatic N) is 1. The van der Waals surface area contributed by atoms with Crippen LogP contribution in [0.15, 0.2) is 18.2 Å². The number of anilines is 1. The Hall–Kier alpha value is -2.07. The van der Waals surface area contributed by atoms with Gasteiger partial charge in [-0.3, -0.25) is 4.79 Å². The Morgan fingerprint density at radius 1 is 1.45 bits per heavy atom. The Labute approximate surface area is 113 Å². The normalized spacial score (nSPS) is 15.3. The third-order valence-corrected chi connectivity index (χ3v) is 3.07. The largest absolute Gasteiger partial charge is 0.418 e. The van der Waals surface area contributed by atoms with Gasteiger partial charge < -0.3 is 10.6 Å². The van der Waals surface area contributed by atoms with Crippen LogP contribution in [-0.4, -0.2) is 19.0 Å². The fourth-order valence-corrected chi connectivity index (χ4v) is 1.91. The summed E-state index contributed by atoms with van der Waals surface area (Å²) in [6.07, 6.45) is -4.43. The molecule has 0 unspecified atom stereocenters. The maximum Gasteiger partial charge on any atom is 0.418 e. The smallest absolute Gasteiger partial charge is 0.325 e. The summed E-state index contributed by atoms with van der Waals surface area (Å²) in [6.45, 7) is 1.40. The Morgan fingerprint density at radius 3 is 2.65 bits per heavy atom. The number of carbonyl (C=O) groups is 1. The van der Waals surface area contributed by atoms with Gasteiger partial charge in [-0.05, 0) is 37.2 Å². The first-order valence-electron chi connectivity index (χ1n) is 6.02. The summed E-state index contributed by atoms with van der Waals surface area (Å²) in [5, 5.41) is 13.9. The van der Waals surface area contributed by atoms with Crippen LogP contribution in [0.1, 0.15) is 17.5 Å². The number of hydrogen-bond acceptors (Lipinski definition) is 3. The minimum absolute atomic E-state index is 0.0986. The van der Waals surface area contributed by atoms with Gasteiger partial charge in [0.1, 0.15) is 0 Å². The van der Waals surface area contributed by atoms with Crippen molar-refractivity contribution in [2.75, 3.05) is 18.4 Å². The molecule has 1 aromatic carbocycles. The monoisotopic (exact) mass is 283 g/mol. The van der Waals surface area contributed by atoms with Crippen molar-refractivity contribution in [3.8, 4) is 6.07 Å². The molecule has 0 saturated carbocycles.